The fraction of sp³-hybridized carbons (Fsp3) is 0.350. The molecule has 1 aliphatic carbocycles. The number of carbonyl (C=O) groups excluding carboxylic acids is 1. The molecular formula is C20H20ClN3O5S. The van der Waals surface area contributed by atoms with Crippen LogP contribution >= 0.6 is 11.6 Å². The molecule has 10 heteroatoms. The van der Waals surface area contributed by atoms with Crippen molar-refractivity contribution in [3.63, 3.8) is 0 Å². The number of halogens is 1. The second-order valence-corrected chi connectivity index (χ2v) is 9.75. The highest BCUT2D eigenvalue weighted by Crippen LogP contribution is 2.28. The van der Waals surface area contributed by atoms with Crippen molar-refractivity contribution >= 4 is 33.2 Å². The molecule has 0 radical (unpaired) electrons. The van der Waals surface area contributed by atoms with Crippen LogP contribution in [0.2, 0.25) is 5.02 Å². The first-order valence-corrected chi connectivity index (χ1v) is 11.4. The number of sulfonamides is 1. The highest BCUT2D eigenvalue weighted by molar-refractivity contribution is 7.89. The number of aryl methyl sites for hydroxylation is 2. The van der Waals surface area contributed by atoms with E-state index in [1.54, 1.807) is 12.1 Å². The van der Waals surface area contributed by atoms with E-state index in [-0.39, 0.29) is 48.4 Å². The molecule has 2 aromatic carbocycles. The number of benzene rings is 2. The molecule has 0 atom stereocenters. The van der Waals surface area contributed by atoms with Gasteiger partial charge in [0.2, 0.25) is 10.0 Å². The normalized spacial score (nSPS) is 17.0. The first-order valence-electron chi connectivity index (χ1n) is 9.62. The van der Waals surface area contributed by atoms with Crippen LogP contribution in [0.4, 0.5) is 5.69 Å². The summed E-state index contributed by atoms with van der Waals surface area (Å²) >= 11 is 6.06. The second-order valence-electron chi connectivity index (χ2n) is 7.40. The molecule has 2 aromatic rings. The van der Waals surface area contributed by atoms with Gasteiger partial charge < -0.3 is 4.90 Å². The Labute approximate surface area is 179 Å². The number of nitro groups is 1. The van der Waals surface area contributed by atoms with Crippen LogP contribution in [0.15, 0.2) is 41.3 Å². The van der Waals surface area contributed by atoms with Gasteiger partial charge in [-0.3, -0.25) is 14.9 Å². The van der Waals surface area contributed by atoms with Gasteiger partial charge in [-0.2, -0.15) is 4.31 Å². The zero-order valence-corrected chi connectivity index (χ0v) is 17.7. The monoisotopic (exact) mass is 449 g/mol. The number of piperazine rings is 1. The number of amides is 1. The van der Waals surface area contributed by atoms with E-state index in [1.807, 2.05) is 6.07 Å². The molecule has 8 nitrogen and oxygen atoms in total. The van der Waals surface area contributed by atoms with Gasteiger partial charge in [-0.1, -0.05) is 17.7 Å². The second kappa shape index (κ2) is 7.98. The molecule has 0 unspecified atom stereocenters. The molecule has 0 bridgehead atoms. The number of nitrogens with zero attached hydrogens (tertiary/aromatic N) is 3. The third-order valence-corrected chi connectivity index (χ3v) is 7.83. The first-order chi connectivity index (χ1) is 14.3. The summed E-state index contributed by atoms with van der Waals surface area (Å²) in [6.45, 7) is 0.790. The van der Waals surface area contributed by atoms with Crippen molar-refractivity contribution in [2.24, 2.45) is 0 Å². The molecule has 1 aliphatic heterocycles. The van der Waals surface area contributed by atoms with Gasteiger partial charge >= 0.3 is 0 Å². The molecule has 0 spiro atoms. The third kappa shape index (κ3) is 3.80. The van der Waals surface area contributed by atoms with Crippen molar-refractivity contribution in [3.8, 4) is 0 Å². The molecule has 1 heterocycles. The summed E-state index contributed by atoms with van der Waals surface area (Å²) in [5.74, 6) is -0.371. The maximum absolute atomic E-state index is 13.0. The maximum Gasteiger partial charge on any atom is 0.270 e. The fourth-order valence-corrected chi connectivity index (χ4v) is 5.68. The highest BCUT2D eigenvalue weighted by Gasteiger charge is 2.31. The van der Waals surface area contributed by atoms with Gasteiger partial charge in [-0.25, -0.2) is 8.42 Å². The number of hydrogen-bond donors (Lipinski definition) is 0. The third-order valence-electron chi connectivity index (χ3n) is 5.63. The molecule has 30 heavy (non-hydrogen) atoms. The predicted molar refractivity (Wildman–Crippen MR) is 111 cm³/mol. The standard InChI is InChI=1S/C20H20ClN3O5S/c21-19-13-16(24(26)27)5-7-18(19)20(25)22-8-10-23(11-9-22)30(28,29)17-6-4-14-2-1-3-15(14)12-17/h4-7,12-13H,1-3,8-11H2. The summed E-state index contributed by atoms with van der Waals surface area (Å²) in [5, 5.41) is 10.8. The van der Waals surface area contributed by atoms with Gasteiger partial charge in [0.15, 0.2) is 0 Å². The molecule has 0 saturated carbocycles. The Hall–Kier alpha value is -2.49. The van der Waals surface area contributed by atoms with Crippen LogP contribution in [0.3, 0.4) is 0 Å². The summed E-state index contributed by atoms with van der Waals surface area (Å²) in [5.41, 5.74) is 2.28. The molecule has 158 valence electrons. The van der Waals surface area contributed by atoms with Crippen LogP contribution in [-0.4, -0.2) is 54.6 Å². The van der Waals surface area contributed by atoms with E-state index in [9.17, 15) is 23.3 Å². The number of hydrogen-bond acceptors (Lipinski definition) is 5. The number of non-ortho nitro benzene ring substituents is 1. The average molecular weight is 450 g/mol. The van der Waals surface area contributed by atoms with E-state index >= 15 is 0 Å². The lowest BCUT2D eigenvalue weighted by atomic mass is 10.1. The van der Waals surface area contributed by atoms with Crippen LogP contribution in [-0.2, 0) is 22.9 Å². The Morgan fingerprint density at radius 3 is 2.37 bits per heavy atom. The molecule has 1 amide bonds. The van der Waals surface area contributed by atoms with Crippen molar-refractivity contribution in [1.29, 1.82) is 0 Å². The summed E-state index contributed by atoms with van der Waals surface area (Å²) < 4.78 is 27.4. The minimum absolute atomic E-state index is 0.00221. The van der Waals surface area contributed by atoms with Crippen molar-refractivity contribution in [2.75, 3.05) is 26.2 Å². The molecule has 1 fully saturated rings. The number of nitro benzene ring substituents is 1. The Bertz CT molecular complexity index is 1130. The first kappa shape index (κ1) is 20.8. The number of rotatable bonds is 4. The summed E-state index contributed by atoms with van der Waals surface area (Å²) in [6, 6.07) is 9.03. The largest absolute Gasteiger partial charge is 0.336 e. The summed E-state index contributed by atoms with van der Waals surface area (Å²) in [6.07, 6.45) is 2.93. The molecule has 0 N–H and O–H groups in total. The highest BCUT2D eigenvalue weighted by atomic mass is 35.5. The van der Waals surface area contributed by atoms with Crippen molar-refractivity contribution in [2.45, 2.75) is 24.2 Å². The van der Waals surface area contributed by atoms with Crippen LogP contribution < -0.4 is 0 Å². The summed E-state index contributed by atoms with van der Waals surface area (Å²) in [4.78, 5) is 24.8. The zero-order chi connectivity index (χ0) is 21.5. The zero-order valence-electron chi connectivity index (χ0n) is 16.1. The Balaban J connectivity index is 1.46. The Morgan fingerprint density at radius 2 is 1.70 bits per heavy atom. The molecule has 1 saturated heterocycles. The molecular weight excluding hydrogens is 430 g/mol. The average Bonchev–Trinajstić information content (AvgIpc) is 3.21. The van der Waals surface area contributed by atoms with Gasteiger partial charge in [0.25, 0.3) is 11.6 Å². The van der Waals surface area contributed by atoms with Crippen molar-refractivity contribution in [1.82, 2.24) is 9.21 Å². The van der Waals surface area contributed by atoms with Crippen LogP contribution in [0.25, 0.3) is 0 Å². The smallest absolute Gasteiger partial charge is 0.270 e. The van der Waals surface area contributed by atoms with Crippen LogP contribution in [0.5, 0.6) is 0 Å². The Kier molecular flexibility index (Phi) is 5.52. The van der Waals surface area contributed by atoms with Crippen LogP contribution in [0.1, 0.15) is 27.9 Å². The minimum atomic E-state index is -3.63. The van der Waals surface area contributed by atoms with Crippen molar-refractivity contribution in [3.05, 3.63) is 68.2 Å². The van der Waals surface area contributed by atoms with Crippen LogP contribution in [0, 0.1) is 10.1 Å². The Morgan fingerprint density at radius 1 is 1.00 bits per heavy atom. The number of fused-ring (bicyclic) bond motifs is 1. The lowest BCUT2D eigenvalue weighted by Gasteiger charge is -2.34. The minimum Gasteiger partial charge on any atom is -0.336 e. The fourth-order valence-electron chi connectivity index (χ4n) is 3.95. The van der Waals surface area contributed by atoms with Gasteiger partial charge in [-0.15, -0.1) is 0 Å². The van der Waals surface area contributed by atoms with E-state index in [0.29, 0.717) is 4.90 Å². The van der Waals surface area contributed by atoms with E-state index in [0.717, 1.165) is 30.9 Å². The van der Waals surface area contributed by atoms with Gasteiger partial charge in [0.1, 0.15) is 0 Å². The quantitative estimate of drug-likeness (QED) is 0.527. The maximum atomic E-state index is 13.0. The van der Waals surface area contributed by atoms with Gasteiger partial charge in [-0.05, 0) is 48.6 Å². The van der Waals surface area contributed by atoms with E-state index in [1.165, 1.54) is 26.9 Å². The van der Waals surface area contributed by atoms with E-state index in [2.05, 4.69) is 0 Å². The number of carbonyl (C=O) groups is 1. The summed E-state index contributed by atoms with van der Waals surface area (Å²) in [7, 11) is -3.63. The SMILES string of the molecule is O=C(c1ccc([N+](=O)[O-])cc1Cl)N1CCN(S(=O)(=O)c2ccc3c(c2)CCC3)CC1. The van der Waals surface area contributed by atoms with E-state index < -0.39 is 14.9 Å². The lowest BCUT2D eigenvalue weighted by Crippen LogP contribution is -2.50. The topological polar surface area (TPSA) is 101 Å². The molecule has 0 aromatic heterocycles. The predicted octanol–water partition coefficient (Wildman–Crippen LogP) is 2.88. The lowest BCUT2D eigenvalue weighted by molar-refractivity contribution is -0.384. The van der Waals surface area contributed by atoms with Gasteiger partial charge in [0, 0.05) is 38.3 Å². The van der Waals surface area contributed by atoms with Crippen molar-refractivity contribution < 1.29 is 18.1 Å². The van der Waals surface area contributed by atoms with Gasteiger partial charge in [0.05, 0.1) is 20.4 Å². The van der Waals surface area contributed by atoms with E-state index in [4.69, 9.17) is 11.6 Å². The molecule has 4 rings (SSSR count). The molecule has 2 aliphatic rings.